The molecule has 0 bridgehead atoms. The van der Waals surface area contributed by atoms with Crippen molar-refractivity contribution in [1.29, 1.82) is 5.41 Å². The van der Waals surface area contributed by atoms with Gasteiger partial charge in [0.05, 0.1) is 24.9 Å². The number of aromatic nitrogens is 4. The van der Waals surface area contributed by atoms with E-state index in [1.54, 1.807) is 23.2 Å². The van der Waals surface area contributed by atoms with E-state index in [0.29, 0.717) is 13.2 Å². The molecule has 2 N–H and O–H groups in total. The molecule has 1 aliphatic rings. The average molecular weight is 391 g/mol. The first kappa shape index (κ1) is 19.1. The normalized spacial score (nSPS) is 17.6. The van der Waals surface area contributed by atoms with Crippen molar-refractivity contribution in [3.05, 3.63) is 42.2 Å². The molecule has 0 radical (unpaired) electrons. The quantitative estimate of drug-likeness (QED) is 0.649. The van der Waals surface area contributed by atoms with Gasteiger partial charge in [0.2, 0.25) is 0 Å². The van der Waals surface area contributed by atoms with E-state index in [1.807, 2.05) is 26.2 Å². The van der Waals surface area contributed by atoms with Crippen LogP contribution in [0.4, 0.5) is 5.82 Å². The molecule has 0 spiro atoms. The molecule has 8 nitrogen and oxygen atoms in total. The SMILES string of the molecule is CN/C(=C\C=N)c1cc(N2CCOC[C@H]2C)nc2c(-c3ccnn3C)nccc12. The van der Waals surface area contributed by atoms with Crippen molar-refractivity contribution in [2.24, 2.45) is 7.05 Å². The highest BCUT2D eigenvalue weighted by Gasteiger charge is 2.23. The minimum absolute atomic E-state index is 0.225. The lowest BCUT2D eigenvalue weighted by molar-refractivity contribution is 0.0985. The number of rotatable bonds is 5. The van der Waals surface area contributed by atoms with Crippen molar-refractivity contribution in [3.8, 4) is 11.4 Å². The second kappa shape index (κ2) is 8.00. The van der Waals surface area contributed by atoms with Crippen molar-refractivity contribution in [2.45, 2.75) is 13.0 Å². The fourth-order valence-electron chi connectivity index (χ4n) is 3.76. The zero-order valence-electron chi connectivity index (χ0n) is 16.9. The number of aryl methyl sites for hydroxylation is 1. The Morgan fingerprint density at radius 1 is 1.34 bits per heavy atom. The van der Waals surface area contributed by atoms with Crippen LogP contribution in [0.5, 0.6) is 0 Å². The number of fused-ring (bicyclic) bond motifs is 1. The zero-order valence-corrected chi connectivity index (χ0v) is 16.9. The lowest BCUT2D eigenvalue weighted by Gasteiger charge is -2.34. The number of nitrogens with one attached hydrogen (secondary N) is 2. The Bertz CT molecular complexity index is 1070. The summed E-state index contributed by atoms with van der Waals surface area (Å²) in [7, 11) is 3.76. The molecule has 0 saturated carbocycles. The summed E-state index contributed by atoms with van der Waals surface area (Å²) < 4.78 is 7.41. The number of nitrogens with zero attached hydrogens (tertiary/aromatic N) is 5. The van der Waals surface area contributed by atoms with E-state index >= 15 is 0 Å². The van der Waals surface area contributed by atoms with Crippen LogP contribution in [0.2, 0.25) is 0 Å². The standard InChI is InChI=1S/C21H25N7O/c1-14-13-29-11-10-28(14)19-12-16(17(23-2)4-7-22)15-5-8-24-21(20(15)26-19)18-6-9-25-27(18)3/h4-9,12,14,22-23H,10-11,13H2,1-3H3/b17-4-,22-7?/t14-/m1/s1. The number of hydrogen-bond donors (Lipinski definition) is 2. The molecule has 1 aliphatic heterocycles. The van der Waals surface area contributed by atoms with Crippen LogP contribution >= 0.6 is 0 Å². The molecule has 1 fully saturated rings. The third-order valence-corrected chi connectivity index (χ3v) is 5.25. The van der Waals surface area contributed by atoms with Gasteiger partial charge in [0.15, 0.2) is 0 Å². The highest BCUT2D eigenvalue weighted by atomic mass is 16.5. The first-order valence-electron chi connectivity index (χ1n) is 9.65. The van der Waals surface area contributed by atoms with Gasteiger partial charge in [0, 0.05) is 55.9 Å². The molecule has 8 heteroatoms. The van der Waals surface area contributed by atoms with E-state index in [-0.39, 0.29) is 6.04 Å². The molecule has 3 aromatic heterocycles. The van der Waals surface area contributed by atoms with Gasteiger partial charge in [0.25, 0.3) is 0 Å². The number of hydrogen-bond acceptors (Lipinski definition) is 7. The van der Waals surface area contributed by atoms with Crippen molar-refractivity contribution < 1.29 is 4.74 Å². The lowest BCUT2D eigenvalue weighted by Crippen LogP contribution is -2.44. The summed E-state index contributed by atoms with van der Waals surface area (Å²) in [5, 5.41) is 16.0. The molecular weight excluding hydrogens is 366 g/mol. The Morgan fingerprint density at radius 3 is 2.90 bits per heavy atom. The largest absolute Gasteiger partial charge is 0.388 e. The summed E-state index contributed by atoms with van der Waals surface area (Å²) in [5.41, 5.74) is 4.35. The van der Waals surface area contributed by atoms with E-state index in [2.05, 4.69) is 33.3 Å². The van der Waals surface area contributed by atoms with E-state index in [4.69, 9.17) is 15.1 Å². The summed E-state index contributed by atoms with van der Waals surface area (Å²) >= 11 is 0. The Hall–Kier alpha value is -3.26. The van der Waals surface area contributed by atoms with Gasteiger partial charge < -0.3 is 20.4 Å². The van der Waals surface area contributed by atoms with Crippen molar-refractivity contribution >= 4 is 28.6 Å². The molecule has 1 saturated heterocycles. The number of allylic oxidation sites excluding steroid dienone is 1. The third-order valence-electron chi connectivity index (χ3n) is 5.25. The smallest absolute Gasteiger partial charge is 0.130 e. The number of anilines is 1. The van der Waals surface area contributed by atoms with Crippen LogP contribution in [0.25, 0.3) is 28.0 Å². The summed E-state index contributed by atoms with van der Waals surface area (Å²) in [6, 6.07) is 6.23. The topological polar surface area (TPSA) is 92.0 Å². The summed E-state index contributed by atoms with van der Waals surface area (Å²) in [5.74, 6) is 0.880. The molecule has 4 rings (SSSR count). The van der Waals surface area contributed by atoms with Gasteiger partial charge in [-0.2, -0.15) is 5.10 Å². The van der Waals surface area contributed by atoms with Crippen LogP contribution in [-0.4, -0.2) is 58.8 Å². The Balaban J connectivity index is 2.01. The maximum absolute atomic E-state index is 7.55. The predicted octanol–water partition coefficient (Wildman–Crippen LogP) is 2.47. The van der Waals surface area contributed by atoms with E-state index < -0.39 is 0 Å². The number of morpholine rings is 1. The highest BCUT2D eigenvalue weighted by Crippen LogP contribution is 2.33. The fraction of sp³-hybridized carbons (Fsp3) is 0.333. The van der Waals surface area contributed by atoms with Gasteiger partial charge in [-0.1, -0.05) is 0 Å². The maximum atomic E-state index is 7.55. The molecule has 0 amide bonds. The number of ether oxygens (including phenoxy) is 1. The van der Waals surface area contributed by atoms with Crippen molar-refractivity contribution in [1.82, 2.24) is 25.1 Å². The monoisotopic (exact) mass is 391 g/mol. The second-order valence-electron chi connectivity index (χ2n) is 7.04. The minimum Gasteiger partial charge on any atom is -0.388 e. The number of pyridine rings is 2. The highest BCUT2D eigenvalue weighted by molar-refractivity contribution is 6.00. The first-order chi connectivity index (χ1) is 14.1. The van der Waals surface area contributed by atoms with Crippen LogP contribution in [0.15, 0.2) is 36.7 Å². The van der Waals surface area contributed by atoms with Crippen LogP contribution in [0, 0.1) is 5.41 Å². The zero-order chi connectivity index (χ0) is 20.4. The third kappa shape index (κ3) is 3.47. The maximum Gasteiger partial charge on any atom is 0.130 e. The van der Waals surface area contributed by atoms with Gasteiger partial charge in [-0.05, 0) is 31.2 Å². The van der Waals surface area contributed by atoms with Gasteiger partial charge in [-0.3, -0.25) is 9.67 Å². The molecule has 4 heterocycles. The molecule has 0 unspecified atom stereocenters. The van der Waals surface area contributed by atoms with Crippen LogP contribution in [0.3, 0.4) is 0 Å². The molecule has 29 heavy (non-hydrogen) atoms. The van der Waals surface area contributed by atoms with Crippen LogP contribution < -0.4 is 10.2 Å². The molecule has 150 valence electrons. The Labute approximate surface area is 169 Å². The first-order valence-corrected chi connectivity index (χ1v) is 9.65. The Kier molecular flexibility index (Phi) is 5.26. The molecule has 0 aromatic carbocycles. The van der Waals surface area contributed by atoms with Gasteiger partial charge in [-0.15, -0.1) is 0 Å². The second-order valence-corrected chi connectivity index (χ2v) is 7.04. The van der Waals surface area contributed by atoms with Crippen molar-refractivity contribution in [3.63, 3.8) is 0 Å². The molecule has 3 aromatic rings. The van der Waals surface area contributed by atoms with Crippen molar-refractivity contribution in [2.75, 3.05) is 31.7 Å². The van der Waals surface area contributed by atoms with E-state index in [9.17, 15) is 0 Å². The molecule has 0 aliphatic carbocycles. The van der Waals surface area contributed by atoms with Crippen LogP contribution in [-0.2, 0) is 11.8 Å². The van der Waals surface area contributed by atoms with Gasteiger partial charge in [0.1, 0.15) is 17.0 Å². The van der Waals surface area contributed by atoms with Crippen LogP contribution in [0.1, 0.15) is 12.5 Å². The molecule has 1 atom stereocenters. The summed E-state index contributed by atoms with van der Waals surface area (Å²) in [4.78, 5) is 11.9. The van der Waals surface area contributed by atoms with Gasteiger partial charge >= 0.3 is 0 Å². The fourth-order valence-corrected chi connectivity index (χ4v) is 3.76. The summed E-state index contributed by atoms with van der Waals surface area (Å²) in [6.45, 7) is 4.27. The van der Waals surface area contributed by atoms with E-state index in [1.165, 1.54) is 6.21 Å². The average Bonchev–Trinajstić information content (AvgIpc) is 3.17. The van der Waals surface area contributed by atoms with Gasteiger partial charge in [-0.25, -0.2) is 4.98 Å². The lowest BCUT2D eigenvalue weighted by atomic mass is 10.0. The molecular formula is C21H25N7O. The minimum atomic E-state index is 0.225. The predicted molar refractivity (Wildman–Crippen MR) is 115 cm³/mol. The summed E-state index contributed by atoms with van der Waals surface area (Å²) in [6.07, 6.45) is 6.60. The Morgan fingerprint density at radius 2 is 2.21 bits per heavy atom. The van der Waals surface area contributed by atoms with E-state index in [0.717, 1.165) is 45.9 Å².